The molecule has 0 heterocycles. The zero-order valence-corrected chi connectivity index (χ0v) is 17.1. The largest absolute Gasteiger partial charge is 0.416 e. The number of carbonyl (C=O) groups is 1. The zero-order valence-electron chi connectivity index (χ0n) is 16.3. The van der Waals surface area contributed by atoms with Gasteiger partial charge in [-0.15, -0.1) is 0 Å². The van der Waals surface area contributed by atoms with Crippen LogP contribution in [0.25, 0.3) is 0 Å². The van der Waals surface area contributed by atoms with Gasteiger partial charge in [0.2, 0.25) is 10.0 Å². The fourth-order valence-electron chi connectivity index (χ4n) is 2.46. The molecule has 31 heavy (non-hydrogen) atoms. The average molecular weight is 458 g/mol. The summed E-state index contributed by atoms with van der Waals surface area (Å²) in [6.07, 6.45) is -3.95. The predicted molar refractivity (Wildman–Crippen MR) is 107 cm³/mol. The van der Waals surface area contributed by atoms with E-state index >= 15 is 0 Å². The van der Waals surface area contributed by atoms with Crippen LogP contribution >= 0.6 is 0 Å². The van der Waals surface area contributed by atoms with Gasteiger partial charge in [-0.2, -0.15) is 18.3 Å². The Hall–Kier alpha value is -3.48. The second kappa shape index (κ2) is 9.12. The number of benzene rings is 2. The van der Waals surface area contributed by atoms with Gasteiger partial charge in [-0.25, -0.2) is 13.8 Å². The highest BCUT2D eigenvalue weighted by molar-refractivity contribution is 7.92. The molecule has 0 radical (unpaired) electrons. The quantitative estimate of drug-likeness (QED) is 0.388. The number of sulfonamides is 1. The lowest BCUT2D eigenvalue weighted by atomic mass is 10.1. The summed E-state index contributed by atoms with van der Waals surface area (Å²) in [5.74, 6) is -0.924. The number of hydrogen-bond donors (Lipinski definition) is 1. The third-order valence-electron chi connectivity index (χ3n) is 3.97. The van der Waals surface area contributed by atoms with E-state index in [4.69, 9.17) is 0 Å². The lowest BCUT2D eigenvalue weighted by molar-refractivity contribution is -0.384. The average Bonchev–Trinajstić information content (AvgIpc) is 2.68. The number of nitro benzene ring substituents is 1. The van der Waals surface area contributed by atoms with Crippen molar-refractivity contribution < 1.29 is 31.3 Å². The lowest BCUT2D eigenvalue weighted by Gasteiger charge is -2.22. The van der Waals surface area contributed by atoms with Gasteiger partial charge in [0.1, 0.15) is 6.54 Å². The maximum Gasteiger partial charge on any atom is 0.416 e. The molecule has 2 aromatic carbocycles. The normalized spacial score (nSPS) is 12.4. The van der Waals surface area contributed by atoms with Crippen LogP contribution in [0.1, 0.15) is 18.1 Å². The van der Waals surface area contributed by atoms with E-state index in [0.717, 1.165) is 24.5 Å². The van der Waals surface area contributed by atoms with E-state index in [2.05, 4.69) is 10.5 Å². The third-order valence-corrected chi connectivity index (χ3v) is 5.11. The Kier molecular flexibility index (Phi) is 7.00. The van der Waals surface area contributed by atoms with E-state index in [-0.39, 0.29) is 17.1 Å². The molecule has 0 aliphatic heterocycles. The molecule has 0 saturated heterocycles. The van der Waals surface area contributed by atoms with Crippen molar-refractivity contribution in [2.75, 3.05) is 17.1 Å². The Labute approximate surface area is 175 Å². The molecular formula is C18H17F3N4O5S. The van der Waals surface area contributed by atoms with Crippen LogP contribution < -0.4 is 9.73 Å². The van der Waals surface area contributed by atoms with Crippen molar-refractivity contribution in [2.24, 2.45) is 5.10 Å². The van der Waals surface area contributed by atoms with Gasteiger partial charge in [-0.1, -0.05) is 18.2 Å². The molecule has 0 aliphatic rings. The van der Waals surface area contributed by atoms with Crippen molar-refractivity contribution in [3.63, 3.8) is 0 Å². The first-order valence-electron chi connectivity index (χ1n) is 8.52. The van der Waals surface area contributed by atoms with E-state index in [9.17, 15) is 36.5 Å². The number of hydrogen-bond acceptors (Lipinski definition) is 6. The highest BCUT2D eigenvalue weighted by atomic mass is 32.2. The molecule has 0 atom stereocenters. The number of nitrogens with zero attached hydrogens (tertiary/aromatic N) is 3. The third kappa shape index (κ3) is 6.50. The van der Waals surface area contributed by atoms with E-state index < -0.39 is 39.1 Å². The van der Waals surface area contributed by atoms with Gasteiger partial charge in [0.15, 0.2) is 0 Å². The summed E-state index contributed by atoms with van der Waals surface area (Å²) in [5, 5.41) is 14.6. The fraction of sp³-hybridized carbons (Fsp3) is 0.222. The zero-order chi connectivity index (χ0) is 23.4. The van der Waals surface area contributed by atoms with Gasteiger partial charge < -0.3 is 0 Å². The number of hydrazone groups is 1. The van der Waals surface area contributed by atoms with Crippen LogP contribution in [0.15, 0.2) is 53.6 Å². The summed E-state index contributed by atoms with van der Waals surface area (Å²) in [7, 11) is -4.10. The summed E-state index contributed by atoms with van der Waals surface area (Å²) < 4.78 is 63.4. The van der Waals surface area contributed by atoms with E-state index in [1.807, 2.05) is 0 Å². The number of alkyl halides is 3. The first-order valence-corrected chi connectivity index (χ1v) is 10.4. The van der Waals surface area contributed by atoms with Crippen LogP contribution in [-0.2, 0) is 21.0 Å². The van der Waals surface area contributed by atoms with Gasteiger partial charge in [0.05, 0.1) is 28.1 Å². The number of anilines is 1. The second-order valence-electron chi connectivity index (χ2n) is 6.36. The number of amides is 1. The van der Waals surface area contributed by atoms with Crippen LogP contribution in [0, 0.1) is 10.1 Å². The molecule has 0 bridgehead atoms. The van der Waals surface area contributed by atoms with Crippen LogP contribution in [0.4, 0.5) is 24.5 Å². The van der Waals surface area contributed by atoms with E-state index in [1.54, 1.807) is 0 Å². The number of nitro groups is 1. The minimum Gasteiger partial charge on any atom is -0.271 e. The molecule has 13 heteroatoms. The number of nitrogens with one attached hydrogen (secondary N) is 1. The molecular weight excluding hydrogens is 441 g/mol. The summed E-state index contributed by atoms with van der Waals surface area (Å²) in [6, 6.07) is 8.99. The van der Waals surface area contributed by atoms with Gasteiger partial charge in [0.25, 0.3) is 11.6 Å². The molecule has 0 saturated carbocycles. The van der Waals surface area contributed by atoms with Crippen LogP contribution in [-0.4, -0.2) is 37.8 Å². The van der Waals surface area contributed by atoms with Crippen LogP contribution in [0.2, 0.25) is 0 Å². The molecule has 0 aliphatic carbocycles. The molecule has 166 valence electrons. The Morgan fingerprint density at radius 1 is 1.19 bits per heavy atom. The molecule has 9 nitrogen and oxygen atoms in total. The molecule has 0 spiro atoms. The number of non-ortho nitro benzene ring substituents is 1. The van der Waals surface area contributed by atoms with E-state index in [1.165, 1.54) is 31.2 Å². The Morgan fingerprint density at radius 3 is 2.42 bits per heavy atom. The second-order valence-corrected chi connectivity index (χ2v) is 8.26. The molecule has 0 aromatic heterocycles. The van der Waals surface area contributed by atoms with Gasteiger partial charge in [0, 0.05) is 17.7 Å². The predicted octanol–water partition coefficient (Wildman–Crippen LogP) is 2.92. The molecule has 2 aromatic rings. The Balaban J connectivity index is 2.22. The first kappa shape index (κ1) is 23.8. The topological polar surface area (TPSA) is 122 Å². The first-order chi connectivity index (χ1) is 14.3. The summed E-state index contributed by atoms with van der Waals surface area (Å²) in [6.45, 7) is 0.631. The maximum atomic E-state index is 12.9. The summed E-state index contributed by atoms with van der Waals surface area (Å²) >= 11 is 0. The molecule has 0 unspecified atom stereocenters. The van der Waals surface area contributed by atoms with Crippen molar-refractivity contribution in [3.8, 4) is 0 Å². The van der Waals surface area contributed by atoms with Crippen molar-refractivity contribution >= 4 is 33.0 Å². The Bertz CT molecular complexity index is 1130. The molecule has 1 N–H and O–H groups in total. The number of carbonyl (C=O) groups excluding carboxylic acids is 1. The van der Waals surface area contributed by atoms with Gasteiger partial charge in [-0.05, 0) is 25.1 Å². The van der Waals surface area contributed by atoms with Crippen molar-refractivity contribution in [1.82, 2.24) is 5.43 Å². The molecule has 2 rings (SSSR count). The fourth-order valence-corrected chi connectivity index (χ4v) is 3.31. The molecule has 0 fully saturated rings. The van der Waals surface area contributed by atoms with E-state index in [0.29, 0.717) is 15.9 Å². The maximum absolute atomic E-state index is 12.9. The lowest BCUT2D eigenvalue weighted by Crippen LogP contribution is -2.39. The summed E-state index contributed by atoms with van der Waals surface area (Å²) in [4.78, 5) is 22.4. The van der Waals surface area contributed by atoms with Crippen LogP contribution in [0.3, 0.4) is 0 Å². The summed E-state index contributed by atoms with van der Waals surface area (Å²) in [5.41, 5.74) is 1.03. The molecule has 1 amide bonds. The van der Waals surface area contributed by atoms with Crippen LogP contribution in [0.5, 0.6) is 0 Å². The minimum absolute atomic E-state index is 0.189. The highest BCUT2D eigenvalue weighted by Crippen LogP contribution is 2.32. The van der Waals surface area contributed by atoms with Gasteiger partial charge in [-0.3, -0.25) is 19.2 Å². The van der Waals surface area contributed by atoms with Crippen molar-refractivity contribution in [3.05, 3.63) is 69.8 Å². The number of halogens is 3. The highest BCUT2D eigenvalue weighted by Gasteiger charge is 2.32. The monoisotopic (exact) mass is 458 g/mol. The van der Waals surface area contributed by atoms with Crippen molar-refractivity contribution in [1.29, 1.82) is 0 Å². The van der Waals surface area contributed by atoms with Gasteiger partial charge >= 0.3 is 6.18 Å². The standard InChI is InChI=1S/C18H17F3N4O5S/c1-12(13-5-3-8-16(9-13)25(27)28)22-23-17(26)11-24(31(2,29)30)15-7-4-6-14(10-15)18(19,20)21/h3-10H,11H2,1-2H3,(H,23,26)/b22-12-. The van der Waals surface area contributed by atoms with Crippen molar-refractivity contribution in [2.45, 2.75) is 13.1 Å². The smallest absolute Gasteiger partial charge is 0.271 e. The minimum atomic E-state index is -4.69. The number of rotatable bonds is 7. The Morgan fingerprint density at radius 2 is 1.84 bits per heavy atom. The SMILES string of the molecule is C/C(=N/NC(=O)CN(c1cccc(C(F)(F)F)c1)S(C)(=O)=O)c1cccc([N+](=O)[O-])c1.